The molecule has 2 aromatic carbocycles. The summed E-state index contributed by atoms with van der Waals surface area (Å²) in [5, 5.41) is 3.28. The lowest BCUT2D eigenvalue weighted by atomic mass is 9.98. The molecule has 1 aliphatic rings. The zero-order valence-electron chi connectivity index (χ0n) is 18.0. The quantitative estimate of drug-likeness (QED) is 0.399. The van der Waals surface area contributed by atoms with Crippen molar-refractivity contribution < 1.29 is 39.3 Å². The summed E-state index contributed by atoms with van der Waals surface area (Å²) in [5.74, 6) is -9.26. The molecule has 1 N–H and O–H groups in total. The number of imidazole rings is 1. The predicted octanol–water partition coefficient (Wildman–Crippen LogP) is 3.09. The lowest BCUT2D eigenvalue weighted by Crippen LogP contribution is -2.44. The topological polar surface area (TPSA) is 99.1 Å². The minimum absolute atomic E-state index is 0.290. The molecular weight excluding hydrogens is 518 g/mol. The van der Waals surface area contributed by atoms with E-state index in [1.807, 2.05) is 0 Å². The monoisotopic (exact) mass is 532 g/mol. The molecule has 1 aliphatic heterocycles. The average molecular weight is 532 g/mol. The van der Waals surface area contributed by atoms with Gasteiger partial charge in [0.25, 0.3) is 0 Å². The van der Waals surface area contributed by atoms with Gasteiger partial charge in [0, 0.05) is 17.8 Å². The van der Waals surface area contributed by atoms with E-state index < -0.39 is 86.4 Å². The number of sulfonamides is 1. The smallest absolute Gasteiger partial charge is 0.328 e. The highest BCUT2D eigenvalue weighted by atomic mass is 32.2. The van der Waals surface area contributed by atoms with E-state index >= 15 is 0 Å². The number of fused-ring (bicyclic) bond motifs is 2. The van der Waals surface area contributed by atoms with Crippen LogP contribution in [-0.2, 0) is 29.0 Å². The number of nitrogens with zero attached hydrogens (tertiary/aromatic N) is 3. The van der Waals surface area contributed by atoms with Gasteiger partial charge in [-0.1, -0.05) is 11.2 Å². The Labute approximate surface area is 197 Å². The largest absolute Gasteiger partial charge is 0.356 e. The van der Waals surface area contributed by atoms with E-state index in [0.717, 1.165) is 29.0 Å². The fourth-order valence-corrected chi connectivity index (χ4v) is 5.02. The van der Waals surface area contributed by atoms with Gasteiger partial charge in [0.2, 0.25) is 10.0 Å². The van der Waals surface area contributed by atoms with Crippen LogP contribution in [0.4, 0.5) is 26.3 Å². The van der Waals surface area contributed by atoms with Gasteiger partial charge in [-0.05, 0) is 12.1 Å². The molecule has 4 aromatic rings. The first-order chi connectivity index (χ1) is 16.8. The van der Waals surface area contributed by atoms with Crippen LogP contribution in [0.2, 0.25) is 0 Å². The first kappa shape index (κ1) is 24.1. The Morgan fingerprint density at radius 3 is 2.42 bits per heavy atom. The number of hydrogen-bond acceptors (Lipinski definition) is 5. The van der Waals surface area contributed by atoms with Gasteiger partial charge in [-0.25, -0.2) is 35.5 Å². The van der Waals surface area contributed by atoms with Crippen molar-refractivity contribution in [2.24, 2.45) is 0 Å². The molecule has 2 aromatic heterocycles. The summed E-state index contributed by atoms with van der Waals surface area (Å²) >= 11 is 0. The molecule has 36 heavy (non-hydrogen) atoms. The van der Waals surface area contributed by atoms with Crippen molar-refractivity contribution >= 4 is 21.0 Å². The molecule has 3 heterocycles. The Balaban J connectivity index is 1.63. The van der Waals surface area contributed by atoms with Crippen LogP contribution in [0.1, 0.15) is 11.4 Å². The third kappa shape index (κ3) is 3.69. The fourth-order valence-electron chi connectivity index (χ4n) is 4.28. The van der Waals surface area contributed by atoms with Gasteiger partial charge in [0.15, 0.2) is 17.2 Å². The molecule has 15 heteroatoms. The highest BCUT2D eigenvalue weighted by molar-refractivity contribution is 7.88. The minimum atomic E-state index is -4.01. The van der Waals surface area contributed by atoms with Crippen LogP contribution in [0.15, 0.2) is 39.8 Å². The van der Waals surface area contributed by atoms with E-state index in [0.29, 0.717) is 16.9 Å². The molecule has 190 valence electrons. The number of halogens is 6. The second-order valence-corrected chi connectivity index (χ2v) is 10.0. The second-order valence-electron chi connectivity index (χ2n) is 8.25. The van der Waals surface area contributed by atoms with Crippen LogP contribution in [0.25, 0.3) is 22.1 Å². The Bertz CT molecular complexity index is 1690. The van der Waals surface area contributed by atoms with Crippen LogP contribution in [0, 0.1) is 23.3 Å². The maximum absolute atomic E-state index is 14.9. The zero-order chi connectivity index (χ0) is 26.2. The molecule has 0 unspecified atom stereocenters. The average Bonchev–Trinajstić information content (AvgIpc) is 3.38. The zero-order valence-corrected chi connectivity index (χ0v) is 18.8. The number of rotatable bonds is 5. The summed E-state index contributed by atoms with van der Waals surface area (Å²) in [6.45, 7) is -1.29. The number of benzene rings is 2. The molecule has 0 saturated carbocycles. The molecular formula is C21H14F6N4O4S. The van der Waals surface area contributed by atoms with Crippen molar-refractivity contribution in [3.05, 3.63) is 75.6 Å². The maximum atomic E-state index is 14.9. The summed E-state index contributed by atoms with van der Waals surface area (Å²) in [6, 6.07) is 1.37. The Kier molecular flexibility index (Phi) is 5.33. The van der Waals surface area contributed by atoms with Crippen LogP contribution in [0.5, 0.6) is 0 Å². The summed E-state index contributed by atoms with van der Waals surface area (Å²) < 4.78 is 119. The molecule has 0 bridgehead atoms. The van der Waals surface area contributed by atoms with Crippen LogP contribution < -0.4 is 10.4 Å². The minimum Gasteiger partial charge on any atom is -0.356 e. The van der Waals surface area contributed by atoms with Crippen molar-refractivity contribution in [2.45, 2.75) is 25.1 Å². The summed E-state index contributed by atoms with van der Waals surface area (Å²) in [7, 11) is -4.01. The van der Waals surface area contributed by atoms with E-state index in [4.69, 9.17) is 4.52 Å². The number of alkyl halides is 2. The molecule has 0 fully saturated rings. The van der Waals surface area contributed by atoms with E-state index in [-0.39, 0.29) is 11.1 Å². The molecule has 8 nitrogen and oxygen atoms in total. The molecule has 5 rings (SSSR count). The van der Waals surface area contributed by atoms with Crippen LogP contribution in [-0.4, -0.2) is 35.0 Å². The maximum Gasteiger partial charge on any atom is 0.328 e. The van der Waals surface area contributed by atoms with Crippen LogP contribution >= 0.6 is 0 Å². The van der Waals surface area contributed by atoms with Gasteiger partial charge >= 0.3 is 11.6 Å². The van der Waals surface area contributed by atoms with E-state index in [9.17, 15) is 39.6 Å². The summed E-state index contributed by atoms with van der Waals surface area (Å²) in [5.41, 5.74) is -4.22. The summed E-state index contributed by atoms with van der Waals surface area (Å²) in [6.07, 6.45) is 1.46. The third-order valence-electron chi connectivity index (χ3n) is 5.81. The molecule has 0 spiro atoms. The highest BCUT2D eigenvalue weighted by Gasteiger charge is 2.52. The number of aromatic nitrogens is 3. The van der Waals surface area contributed by atoms with Gasteiger partial charge in [-0.3, -0.25) is 9.13 Å². The summed E-state index contributed by atoms with van der Waals surface area (Å²) in [4.78, 5) is 12.8. The van der Waals surface area contributed by atoms with Gasteiger partial charge in [-0.15, -0.1) is 0 Å². The van der Waals surface area contributed by atoms with Gasteiger partial charge in [0.1, 0.15) is 29.1 Å². The van der Waals surface area contributed by atoms with Crippen molar-refractivity contribution in [3.8, 4) is 11.1 Å². The standard InChI is InChI=1S/C21H14F6N4O4S/c1-36(33,34)29-14-7-31-15(21(14,26)27)8-30(20(31)32)6-12-17-13(35-28-12)5-11(24)19(25)18(17)16-9(22)3-2-4-10(16)23/h2-5,8,14,29H,6-7H2,1H3/t14-/m1/s1. The lowest BCUT2D eigenvalue weighted by Gasteiger charge is -2.18. The Hall–Kier alpha value is -3.59. The van der Waals surface area contributed by atoms with Crippen molar-refractivity contribution in [3.63, 3.8) is 0 Å². The first-order valence-corrected chi connectivity index (χ1v) is 12.0. The van der Waals surface area contributed by atoms with Crippen molar-refractivity contribution in [1.29, 1.82) is 0 Å². The molecule has 0 aliphatic carbocycles. The SMILES string of the molecule is CS(=O)(=O)N[C@@H]1Cn2c(cn(Cc3noc4cc(F)c(F)c(-c5c(F)cccc5F)c34)c2=O)C1(F)F. The third-order valence-corrected chi connectivity index (χ3v) is 6.52. The van der Waals surface area contributed by atoms with Crippen molar-refractivity contribution in [2.75, 3.05) is 6.26 Å². The van der Waals surface area contributed by atoms with Crippen molar-refractivity contribution in [1.82, 2.24) is 19.0 Å². The molecule has 0 amide bonds. The first-order valence-electron chi connectivity index (χ1n) is 10.2. The molecule has 0 saturated heterocycles. The van der Waals surface area contributed by atoms with E-state index in [1.54, 1.807) is 4.72 Å². The van der Waals surface area contributed by atoms with Crippen LogP contribution in [0.3, 0.4) is 0 Å². The van der Waals surface area contributed by atoms with E-state index in [2.05, 4.69) is 5.16 Å². The Morgan fingerprint density at radius 2 is 1.81 bits per heavy atom. The number of nitrogens with one attached hydrogen (secondary N) is 1. The molecule has 1 atom stereocenters. The number of hydrogen-bond donors (Lipinski definition) is 1. The van der Waals surface area contributed by atoms with E-state index in [1.165, 1.54) is 0 Å². The fraction of sp³-hybridized carbons (Fsp3) is 0.238. The normalized spacial score (nSPS) is 17.1. The molecule has 0 radical (unpaired) electrons. The highest BCUT2D eigenvalue weighted by Crippen LogP contribution is 2.39. The Morgan fingerprint density at radius 1 is 1.14 bits per heavy atom. The van der Waals surface area contributed by atoms with Gasteiger partial charge in [0.05, 0.1) is 30.3 Å². The lowest BCUT2D eigenvalue weighted by molar-refractivity contribution is -0.0249. The van der Waals surface area contributed by atoms with Gasteiger partial charge < -0.3 is 4.52 Å². The van der Waals surface area contributed by atoms with Gasteiger partial charge in [-0.2, -0.15) is 8.78 Å². The second kappa shape index (κ2) is 7.96. The predicted molar refractivity (Wildman–Crippen MR) is 113 cm³/mol.